The zero-order valence-electron chi connectivity index (χ0n) is 31.0. The quantitative estimate of drug-likeness (QED) is 0.0313. The fourth-order valence-electron chi connectivity index (χ4n) is 5.15. The summed E-state index contributed by atoms with van der Waals surface area (Å²) in [4.78, 5) is 28.6. The molecule has 1 unspecified atom stereocenters. The smallest absolute Gasteiger partial charge is 0.413 e. The van der Waals surface area contributed by atoms with Crippen LogP contribution in [0.3, 0.4) is 0 Å². The summed E-state index contributed by atoms with van der Waals surface area (Å²) in [6.07, 6.45) is 28.9. The van der Waals surface area contributed by atoms with E-state index in [-0.39, 0.29) is 31.2 Å². The number of rotatable bonds is 24. The van der Waals surface area contributed by atoms with Crippen molar-refractivity contribution < 1.29 is 32.6 Å². The van der Waals surface area contributed by atoms with Crippen molar-refractivity contribution in [3.05, 3.63) is 130 Å². The molecule has 294 valence electrons. The van der Waals surface area contributed by atoms with Crippen molar-refractivity contribution in [2.45, 2.75) is 89.3 Å². The lowest BCUT2D eigenvalue weighted by atomic mass is 9.98. The molecular formula is C40H53FIN4O7P. The van der Waals surface area contributed by atoms with Gasteiger partial charge < -0.3 is 19.7 Å². The van der Waals surface area contributed by atoms with Gasteiger partial charge in [-0.1, -0.05) is 98.0 Å². The summed E-state index contributed by atoms with van der Waals surface area (Å²) in [7, 11) is -4.11. The maximum atomic E-state index is 15.7. The van der Waals surface area contributed by atoms with Crippen LogP contribution in [-0.4, -0.2) is 58.1 Å². The highest BCUT2D eigenvalue weighted by Crippen LogP contribution is 2.47. The van der Waals surface area contributed by atoms with E-state index in [0.29, 0.717) is 10.1 Å². The Kier molecular flexibility index (Phi) is 20.7. The molecule has 1 fully saturated rings. The molecule has 1 aromatic carbocycles. The minimum absolute atomic E-state index is 0.0248. The van der Waals surface area contributed by atoms with E-state index in [1.807, 2.05) is 34.7 Å². The molecule has 0 aliphatic carbocycles. The Morgan fingerprint density at radius 3 is 2.11 bits per heavy atom. The van der Waals surface area contributed by atoms with Crippen LogP contribution in [0.25, 0.3) is 0 Å². The Morgan fingerprint density at radius 1 is 0.963 bits per heavy atom. The summed E-state index contributed by atoms with van der Waals surface area (Å²) in [5.74, 6) is 0.0680. The number of allylic oxidation sites excluding steroid dienone is 12. The van der Waals surface area contributed by atoms with E-state index in [2.05, 4.69) is 83.1 Å². The number of carbonyl (C=O) groups excluding carboxylic acids is 1. The largest absolute Gasteiger partial charge is 0.458 e. The Morgan fingerprint density at radius 2 is 1.54 bits per heavy atom. The summed E-state index contributed by atoms with van der Waals surface area (Å²) in [5, 5.41) is 16.2. The SMILES string of the molecule is CC/C=C\C/C=C\C/C=C\C/C=C\C/C=C\C/C=C\CCC(=O)NCCNP(=O)(OC[C@H]1O[C@@H](n2ccc(I)nc2=O)[C@](C)(F)[C@@H]1O)Oc1ccccc1. The molecule has 3 N–H and O–H groups in total. The van der Waals surface area contributed by atoms with E-state index < -0.39 is 44.1 Å². The summed E-state index contributed by atoms with van der Waals surface area (Å²) < 4.78 is 47.8. The van der Waals surface area contributed by atoms with Gasteiger partial charge in [-0.3, -0.25) is 13.9 Å². The third-order valence-corrected chi connectivity index (χ3v) is 10.2. The molecule has 5 atom stereocenters. The molecule has 1 aromatic heterocycles. The first kappa shape index (κ1) is 44.9. The summed E-state index contributed by atoms with van der Waals surface area (Å²) in [6.45, 7) is 2.87. The second kappa shape index (κ2) is 24.8. The molecule has 11 nitrogen and oxygen atoms in total. The highest BCUT2D eigenvalue weighted by molar-refractivity contribution is 14.1. The second-order valence-corrected chi connectivity index (χ2v) is 15.3. The van der Waals surface area contributed by atoms with E-state index >= 15 is 4.39 Å². The number of halogens is 2. The van der Waals surface area contributed by atoms with Gasteiger partial charge in [0.25, 0.3) is 0 Å². The van der Waals surface area contributed by atoms with Gasteiger partial charge in [0.15, 0.2) is 11.9 Å². The average Bonchev–Trinajstić information content (AvgIpc) is 3.37. The molecule has 0 bridgehead atoms. The van der Waals surface area contributed by atoms with Crippen molar-refractivity contribution in [3.8, 4) is 5.75 Å². The molecule has 0 spiro atoms. The molecule has 0 radical (unpaired) electrons. The van der Waals surface area contributed by atoms with Gasteiger partial charge in [-0.25, -0.2) is 18.8 Å². The van der Waals surface area contributed by atoms with E-state index in [1.54, 1.807) is 30.3 Å². The lowest BCUT2D eigenvalue weighted by Crippen LogP contribution is -2.43. The molecule has 14 heteroatoms. The summed E-state index contributed by atoms with van der Waals surface area (Å²) in [6, 6.07) is 9.81. The molecule has 1 amide bonds. The molecule has 3 rings (SSSR count). The minimum atomic E-state index is -4.11. The number of nitrogens with one attached hydrogen (secondary N) is 2. The summed E-state index contributed by atoms with van der Waals surface area (Å²) in [5.41, 5.74) is -3.14. The number of carbonyl (C=O) groups is 1. The van der Waals surface area contributed by atoms with Crippen LogP contribution in [0.15, 0.2) is 120 Å². The minimum Gasteiger partial charge on any atom is -0.413 e. The number of nitrogens with zero attached hydrogens (tertiary/aromatic N) is 2. The number of aliphatic hydroxyl groups excluding tert-OH is 1. The first-order valence-corrected chi connectivity index (χ1v) is 20.9. The van der Waals surface area contributed by atoms with E-state index in [1.165, 1.54) is 12.3 Å². The van der Waals surface area contributed by atoms with Gasteiger partial charge >= 0.3 is 13.4 Å². The number of ether oxygens (including phenoxy) is 1. The van der Waals surface area contributed by atoms with Crippen molar-refractivity contribution in [2.75, 3.05) is 19.7 Å². The zero-order chi connectivity index (χ0) is 39.1. The molecule has 1 aliphatic rings. The Hall–Kier alpha value is -3.46. The maximum absolute atomic E-state index is 15.7. The molecular weight excluding hydrogens is 825 g/mol. The van der Waals surface area contributed by atoms with Gasteiger partial charge in [-0.2, -0.15) is 4.98 Å². The van der Waals surface area contributed by atoms with Crippen molar-refractivity contribution in [1.82, 2.24) is 20.0 Å². The topological polar surface area (TPSA) is 141 Å². The molecule has 1 aliphatic heterocycles. The normalized spacial score (nSPS) is 21.8. The van der Waals surface area contributed by atoms with Crippen molar-refractivity contribution >= 4 is 36.2 Å². The van der Waals surface area contributed by atoms with Gasteiger partial charge in [0, 0.05) is 25.7 Å². The fraction of sp³-hybridized carbons (Fsp3) is 0.425. The Labute approximate surface area is 331 Å². The molecule has 0 saturated carbocycles. The number of hydrogen-bond donors (Lipinski definition) is 3. The number of benzene rings is 1. The number of para-hydroxylation sites is 1. The van der Waals surface area contributed by atoms with Gasteiger partial charge in [0.2, 0.25) is 5.91 Å². The third kappa shape index (κ3) is 16.5. The molecule has 1 saturated heterocycles. The van der Waals surface area contributed by atoms with Gasteiger partial charge in [-0.15, -0.1) is 0 Å². The fourth-order valence-corrected chi connectivity index (χ4v) is 6.86. The van der Waals surface area contributed by atoms with Crippen LogP contribution < -0.4 is 20.6 Å². The highest BCUT2D eigenvalue weighted by atomic mass is 127. The van der Waals surface area contributed by atoms with Gasteiger partial charge in [-0.05, 0) is 92.7 Å². The van der Waals surface area contributed by atoms with Gasteiger partial charge in [0.1, 0.15) is 21.7 Å². The second-order valence-electron chi connectivity index (χ2n) is 12.5. The lowest BCUT2D eigenvalue weighted by Gasteiger charge is -2.25. The predicted molar refractivity (Wildman–Crippen MR) is 220 cm³/mol. The number of hydrogen-bond acceptors (Lipinski definition) is 8. The third-order valence-electron chi connectivity index (χ3n) is 8.03. The number of aliphatic hydroxyl groups is 1. The van der Waals surface area contributed by atoms with Crippen molar-refractivity contribution in [3.63, 3.8) is 0 Å². The molecule has 2 aromatic rings. The zero-order valence-corrected chi connectivity index (χ0v) is 34.0. The first-order valence-electron chi connectivity index (χ1n) is 18.2. The van der Waals surface area contributed by atoms with Crippen LogP contribution in [0, 0.1) is 3.70 Å². The van der Waals surface area contributed by atoms with Crippen LogP contribution in [0.1, 0.15) is 71.4 Å². The van der Waals surface area contributed by atoms with Crippen LogP contribution in [-0.2, 0) is 18.6 Å². The lowest BCUT2D eigenvalue weighted by molar-refractivity contribution is -0.120. The van der Waals surface area contributed by atoms with E-state index in [0.717, 1.165) is 50.0 Å². The van der Waals surface area contributed by atoms with Crippen molar-refractivity contribution in [1.29, 1.82) is 0 Å². The number of aromatic nitrogens is 2. The summed E-state index contributed by atoms with van der Waals surface area (Å²) >= 11 is 1.86. The monoisotopic (exact) mass is 878 g/mol. The van der Waals surface area contributed by atoms with Gasteiger partial charge in [0.05, 0.1) is 6.61 Å². The average molecular weight is 879 g/mol. The molecule has 54 heavy (non-hydrogen) atoms. The Balaban J connectivity index is 1.36. The maximum Gasteiger partial charge on any atom is 0.458 e. The first-order chi connectivity index (χ1) is 26.1. The standard InChI is InChI=1S/C40H53FIN4O7P/c1-3-4-5-6-7-8-9-10-11-12-13-14-15-16-17-18-19-20-24-27-36(47)43-29-30-44-54(50,53-33-25-22-21-23-26-33)51-32-34-37(48)40(2,41)38(52-34)46-31-28-35(42)45-39(46)49/h4-5,7-8,10-11,13-14,16-17,19-23,25-26,28,31,34,37-38,48H,3,6,9,12,15,18,24,27,29-30,32H2,1-2H3,(H,43,47)(H,44,50)/b5-4-,8-7-,11-10-,14-13-,17-16-,20-19-/t34-,37-,38-,40-,54?/m1/s1. The van der Waals surface area contributed by atoms with E-state index in [4.69, 9.17) is 13.8 Å². The highest BCUT2D eigenvalue weighted by Gasteiger charge is 2.55. The Bertz CT molecular complexity index is 1710. The number of alkyl halides is 1. The molecule has 2 heterocycles. The van der Waals surface area contributed by atoms with Crippen molar-refractivity contribution in [2.24, 2.45) is 0 Å². The van der Waals surface area contributed by atoms with Crippen LogP contribution >= 0.6 is 30.3 Å². The van der Waals surface area contributed by atoms with Crippen LogP contribution in [0.4, 0.5) is 4.39 Å². The van der Waals surface area contributed by atoms with E-state index in [9.17, 15) is 19.3 Å². The van der Waals surface area contributed by atoms with Crippen LogP contribution in [0.5, 0.6) is 5.75 Å². The predicted octanol–water partition coefficient (Wildman–Crippen LogP) is 8.22. The van der Waals surface area contributed by atoms with Crippen LogP contribution in [0.2, 0.25) is 0 Å². The number of amides is 1.